The molecule has 134 valence electrons. The van der Waals surface area contributed by atoms with Crippen molar-refractivity contribution in [2.24, 2.45) is 0 Å². The molecule has 4 rings (SSSR count). The molecule has 0 spiro atoms. The van der Waals surface area contributed by atoms with Gasteiger partial charge in [0.25, 0.3) is 0 Å². The van der Waals surface area contributed by atoms with Gasteiger partial charge in [0.15, 0.2) is 0 Å². The molecular formula is C18H17Cl2N5O. The second kappa shape index (κ2) is 7.05. The second-order valence-electron chi connectivity index (χ2n) is 6.15. The molecule has 0 atom stereocenters. The molecule has 1 saturated heterocycles. The van der Waals surface area contributed by atoms with Gasteiger partial charge in [-0.3, -0.25) is 5.10 Å². The lowest BCUT2D eigenvalue weighted by atomic mass is 10.2. The Morgan fingerprint density at radius 2 is 1.92 bits per heavy atom. The lowest BCUT2D eigenvalue weighted by Gasteiger charge is -2.36. The number of carbonyl (C=O) groups excluding carboxylic acids is 1. The van der Waals surface area contributed by atoms with Gasteiger partial charge in [0, 0.05) is 37.3 Å². The largest absolute Gasteiger partial charge is 0.367 e. The summed E-state index contributed by atoms with van der Waals surface area (Å²) in [5, 5.41) is 11.9. The predicted molar refractivity (Wildman–Crippen MR) is 105 cm³/mol. The fraction of sp³-hybridized carbons (Fsp3) is 0.222. The van der Waals surface area contributed by atoms with Gasteiger partial charge in [0.2, 0.25) is 0 Å². The zero-order valence-corrected chi connectivity index (χ0v) is 15.4. The number of nitrogens with zero attached hydrogens (tertiary/aromatic N) is 3. The Kier molecular flexibility index (Phi) is 4.61. The third-order valence-electron chi connectivity index (χ3n) is 4.53. The summed E-state index contributed by atoms with van der Waals surface area (Å²) in [6.45, 7) is 2.63. The number of aromatic amines is 1. The third-order valence-corrected chi connectivity index (χ3v) is 5.34. The summed E-state index contributed by atoms with van der Waals surface area (Å²) < 4.78 is 0. The number of benzene rings is 2. The maximum absolute atomic E-state index is 12.5. The summed E-state index contributed by atoms with van der Waals surface area (Å²) >= 11 is 12.4. The van der Waals surface area contributed by atoms with Crippen LogP contribution in [0.2, 0.25) is 10.0 Å². The number of piperazine rings is 1. The fourth-order valence-corrected chi connectivity index (χ4v) is 3.53. The van der Waals surface area contributed by atoms with Gasteiger partial charge >= 0.3 is 6.03 Å². The first kappa shape index (κ1) is 17.0. The molecule has 26 heavy (non-hydrogen) atoms. The van der Waals surface area contributed by atoms with Crippen molar-refractivity contribution in [3.8, 4) is 0 Å². The highest BCUT2D eigenvalue weighted by molar-refractivity contribution is 6.43. The summed E-state index contributed by atoms with van der Waals surface area (Å²) in [5.41, 5.74) is 2.60. The number of aromatic nitrogens is 2. The molecule has 0 aliphatic carbocycles. The average Bonchev–Trinajstić information content (AvgIpc) is 3.12. The number of carbonyl (C=O) groups is 1. The molecule has 2 amide bonds. The Morgan fingerprint density at radius 3 is 2.73 bits per heavy atom. The van der Waals surface area contributed by atoms with E-state index in [2.05, 4.69) is 20.4 Å². The van der Waals surface area contributed by atoms with Crippen LogP contribution in [0.4, 0.5) is 16.2 Å². The first-order valence-electron chi connectivity index (χ1n) is 8.30. The highest BCUT2D eigenvalue weighted by atomic mass is 35.5. The number of fused-ring (bicyclic) bond motifs is 1. The van der Waals surface area contributed by atoms with Crippen LogP contribution < -0.4 is 10.2 Å². The quantitative estimate of drug-likeness (QED) is 0.689. The van der Waals surface area contributed by atoms with Gasteiger partial charge in [-0.15, -0.1) is 0 Å². The van der Waals surface area contributed by atoms with E-state index in [0.717, 1.165) is 22.3 Å². The van der Waals surface area contributed by atoms with Gasteiger partial charge in [-0.2, -0.15) is 5.10 Å². The molecule has 1 aromatic heterocycles. The monoisotopic (exact) mass is 389 g/mol. The molecule has 2 heterocycles. The smallest absolute Gasteiger partial charge is 0.321 e. The van der Waals surface area contributed by atoms with E-state index < -0.39 is 0 Å². The molecule has 3 aromatic rings. The molecule has 0 unspecified atom stereocenters. The number of rotatable bonds is 2. The van der Waals surface area contributed by atoms with Crippen LogP contribution in [0.15, 0.2) is 42.6 Å². The normalized spacial score (nSPS) is 14.7. The van der Waals surface area contributed by atoms with Crippen molar-refractivity contribution in [1.82, 2.24) is 15.1 Å². The van der Waals surface area contributed by atoms with E-state index in [1.165, 1.54) is 0 Å². The SMILES string of the molecule is O=C(Nc1ccc2[nH]ncc2c1)N1CCN(c2cccc(Cl)c2Cl)CC1. The minimum absolute atomic E-state index is 0.107. The maximum Gasteiger partial charge on any atom is 0.321 e. The first-order valence-corrected chi connectivity index (χ1v) is 9.05. The van der Waals surface area contributed by atoms with E-state index in [4.69, 9.17) is 23.2 Å². The molecule has 1 aliphatic rings. The van der Waals surface area contributed by atoms with E-state index in [1.54, 1.807) is 17.2 Å². The van der Waals surface area contributed by atoms with Crippen LogP contribution in [0.3, 0.4) is 0 Å². The summed E-state index contributed by atoms with van der Waals surface area (Å²) in [7, 11) is 0. The van der Waals surface area contributed by atoms with Crippen LogP contribution in [0, 0.1) is 0 Å². The maximum atomic E-state index is 12.5. The van der Waals surface area contributed by atoms with Crippen molar-refractivity contribution < 1.29 is 4.79 Å². The molecule has 2 aromatic carbocycles. The van der Waals surface area contributed by atoms with Crippen LogP contribution in [-0.4, -0.2) is 47.3 Å². The van der Waals surface area contributed by atoms with E-state index in [9.17, 15) is 4.79 Å². The van der Waals surface area contributed by atoms with Gasteiger partial charge in [-0.05, 0) is 30.3 Å². The molecule has 8 heteroatoms. The van der Waals surface area contributed by atoms with E-state index in [0.29, 0.717) is 36.2 Å². The molecule has 0 radical (unpaired) electrons. The number of amides is 2. The van der Waals surface area contributed by atoms with Crippen molar-refractivity contribution >= 4 is 51.5 Å². The minimum atomic E-state index is -0.107. The van der Waals surface area contributed by atoms with Gasteiger partial charge in [-0.25, -0.2) is 4.79 Å². The van der Waals surface area contributed by atoms with Gasteiger partial charge in [0.05, 0.1) is 27.4 Å². The van der Waals surface area contributed by atoms with Gasteiger partial charge < -0.3 is 15.1 Å². The Bertz CT molecular complexity index is 950. The zero-order chi connectivity index (χ0) is 18.1. The molecule has 0 saturated carbocycles. The van der Waals surface area contributed by atoms with Crippen molar-refractivity contribution in [2.75, 3.05) is 36.4 Å². The summed E-state index contributed by atoms with van der Waals surface area (Å²) in [6, 6.07) is 11.2. The summed E-state index contributed by atoms with van der Waals surface area (Å²) in [4.78, 5) is 16.5. The van der Waals surface area contributed by atoms with Crippen molar-refractivity contribution in [3.05, 3.63) is 52.6 Å². The fourth-order valence-electron chi connectivity index (χ4n) is 3.11. The van der Waals surface area contributed by atoms with Crippen molar-refractivity contribution in [3.63, 3.8) is 0 Å². The number of anilines is 2. The summed E-state index contributed by atoms with van der Waals surface area (Å²) in [5.74, 6) is 0. The Balaban J connectivity index is 1.39. The second-order valence-corrected chi connectivity index (χ2v) is 6.93. The molecule has 0 bridgehead atoms. The number of H-pyrrole nitrogens is 1. The van der Waals surface area contributed by atoms with Crippen molar-refractivity contribution in [1.29, 1.82) is 0 Å². The molecule has 2 N–H and O–H groups in total. The highest BCUT2D eigenvalue weighted by Crippen LogP contribution is 2.32. The Hall–Kier alpha value is -2.44. The molecular weight excluding hydrogens is 373 g/mol. The van der Waals surface area contributed by atoms with E-state index >= 15 is 0 Å². The third kappa shape index (κ3) is 3.30. The average molecular weight is 390 g/mol. The predicted octanol–water partition coefficient (Wildman–Crippen LogP) is 4.22. The highest BCUT2D eigenvalue weighted by Gasteiger charge is 2.23. The topological polar surface area (TPSA) is 64.3 Å². The molecule has 6 nitrogen and oxygen atoms in total. The Labute approximate surface area is 160 Å². The zero-order valence-electron chi connectivity index (χ0n) is 13.9. The Morgan fingerprint density at radius 1 is 1.12 bits per heavy atom. The lowest BCUT2D eigenvalue weighted by molar-refractivity contribution is 0.208. The molecule has 1 aliphatic heterocycles. The van der Waals surface area contributed by atoms with E-state index in [1.807, 2.05) is 30.3 Å². The van der Waals surface area contributed by atoms with Crippen LogP contribution in [-0.2, 0) is 0 Å². The lowest BCUT2D eigenvalue weighted by Crippen LogP contribution is -2.50. The van der Waals surface area contributed by atoms with Crippen LogP contribution in [0.25, 0.3) is 10.9 Å². The van der Waals surface area contributed by atoms with Gasteiger partial charge in [0.1, 0.15) is 0 Å². The number of hydrogen-bond acceptors (Lipinski definition) is 3. The van der Waals surface area contributed by atoms with Crippen LogP contribution in [0.1, 0.15) is 0 Å². The van der Waals surface area contributed by atoms with Crippen molar-refractivity contribution in [2.45, 2.75) is 0 Å². The molecule has 1 fully saturated rings. The number of nitrogens with one attached hydrogen (secondary N) is 2. The van der Waals surface area contributed by atoms with E-state index in [-0.39, 0.29) is 6.03 Å². The number of urea groups is 1. The van der Waals surface area contributed by atoms with Crippen LogP contribution in [0.5, 0.6) is 0 Å². The van der Waals surface area contributed by atoms with Gasteiger partial charge in [-0.1, -0.05) is 29.3 Å². The summed E-state index contributed by atoms with van der Waals surface area (Å²) in [6.07, 6.45) is 1.73. The standard InChI is InChI=1S/C18H17Cl2N5O/c19-14-2-1-3-16(17(14)20)24-6-8-25(9-7-24)18(26)22-13-4-5-15-12(10-13)11-21-23-15/h1-5,10-11H,6-9H2,(H,21,23)(H,22,26). The minimum Gasteiger partial charge on any atom is -0.367 e. The number of halogens is 2. The number of hydrogen-bond donors (Lipinski definition) is 2. The van der Waals surface area contributed by atoms with Crippen LogP contribution >= 0.6 is 23.2 Å². The first-order chi connectivity index (χ1) is 12.6.